The van der Waals surface area contributed by atoms with Gasteiger partial charge < -0.3 is 25.3 Å². The third-order valence-electron chi connectivity index (χ3n) is 2.21. The molecule has 0 aliphatic heterocycles. The van der Waals surface area contributed by atoms with Gasteiger partial charge in [0.1, 0.15) is 13.2 Å². The Labute approximate surface area is 112 Å². The predicted molar refractivity (Wildman–Crippen MR) is 71.5 cm³/mol. The number of hydrogen-bond acceptors (Lipinski definition) is 5. The number of hydrogen-bond donors (Lipinski definition) is 2. The molecule has 1 amide bonds. The summed E-state index contributed by atoms with van der Waals surface area (Å²) in [6, 6.07) is 7.53. The number of carbonyl (C=O) groups is 1. The molecule has 3 N–H and O–H groups in total. The maximum Gasteiger partial charge on any atom is 0.404 e. The van der Waals surface area contributed by atoms with Gasteiger partial charge >= 0.3 is 6.09 Å². The van der Waals surface area contributed by atoms with Crippen LogP contribution in [0.1, 0.15) is 6.92 Å². The molecule has 0 unspecified atom stereocenters. The lowest BCUT2D eigenvalue weighted by atomic mass is 10.3. The molecule has 0 aromatic heterocycles. The molecule has 19 heavy (non-hydrogen) atoms. The summed E-state index contributed by atoms with van der Waals surface area (Å²) in [6.07, 6.45) is -0.760. The van der Waals surface area contributed by atoms with Crippen molar-refractivity contribution in [3.8, 4) is 11.5 Å². The highest BCUT2D eigenvalue weighted by atomic mass is 16.5. The Kier molecular flexibility index (Phi) is 7.19. The Bertz CT molecular complexity index is 385. The first-order valence-corrected chi connectivity index (χ1v) is 6.21. The second-order valence-electron chi connectivity index (χ2n) is 3.65. The summed E-state index contributed by atoms with van der Waals surface area (Å²) in [4.78, 5) is 10.3. The van der Waals surface area contributed by atoms with E-state index in [-0.39, 0.29) is 6.61 Å². The van der Waals surface area contributed by atoms with Crippen molar-refractivity contribution < 1.29 is 19.0 Å². The Balaban J connectivity index is 2.17. The number of rotatable bonds is 9. The SMILES string of the molecule is CCOc1ccccc1OCCNCCOC(N)=O. The van der Waals surface area contributed by atoms with Crippen LogP contribution >= 0.6 is 0 Å². The summed E-state index contributed by atoms with van der Waals surface area (Å²) in [6.45, 7) is 4.47. The lowest BCUT2D eigenvalue weighted by molar-refractivity contribution is 0.156. The lowest BCUT2D eigenvalue weighted by Gasteiger charge is -2.11. The van der Waals surface area contributed by atoms with Crippen molar-refractivity contribution in [3.63, 3.8) is 0 Å². The molecule has 0 fully saturated rings. The quantitative estimate of drug-likeness (QED) is 0.656. The topological polar surface area (TPSA) is 82.8 Å². The van der Waals surface area contributed by atoms with Gasteiger partial charge in [0.15, 0.2) is 11.5 Å². The molecule has 0 spiro atoms. The highest BCUT2D eigenvalue weighted by Gasteiger charge is 2.02. The summed E-state index contributed by atoms with van der Waals surface area (Å²) >= 11 is 0. The Morgan fingerprint density at radius 3 is 2.42 bits per heavy atom. The van der Waals surface area contributed by atoms with Crippen LogP contribution < -0.4 is 20.5 Å². The zero-order chi connectivity index (χ0) is 13.9. The number of amides is 1. The van der Waals surface area contributed by atoms with E-state index in [1.807, 2.05) is 31.2 Å². The van der Waals surface area contributed by atoms with Crippen LogP contribution in [-0.2, 0) is 4.74 Å². The summed E-state index contributed by atoms with van der Waals surface area (Å²) < 4.78 is 15.6. The van der Waals surface area contributed by atoms with Crippen LogP contribution in [0.2, 0.25) is 0 Å². The molecule has 0 saturated heterocycles. The van der Waals surface area contributed by atoms with E-state index in [1.54, 1.807) is 0 Å². The molecular formula is C13H20N2O4. The summed E-state index contributed by atoms with van der Waals surface area (Å²) in [5.41, 5.74) is 4.83. The molecule has 1 aromatic carbocycles. The Morgan fingerprint density at radius 2 is 1.79 bits per heavy atom. The third-order valence-corrected chi connectivity index (χ3v) is 2.21. The molecule has 0 atom stereocenters. The van der Waals surface area contributed by atoms with E-state index < -0.39 is 6.09 Å². The number of carbonyl (C=O) groups excluding carboxylic acids is 1. The van der Waals surface area contributed by atoms with Crippen LogP contribution in [0, 0.1) is 0 Å². The molecule has 106 valence electrons. The van der Waals surface area contributed by atoms with Crippen molar-refractivity contribution in [2.24, 2.45) is 5.73 Å². The summed E-state index contributed by atoms with van der Waals surface area (Å²) in [5, 5.41) is 3.06. The fraction of sp³-hybridized carbons (Fsp3) is 0.462. The fourth-order valence-corrected chi connectivity index (χ4v) is 1.43. The minimum absolute atomic E-state index is 0.255. The van der Waals surface area contributed by atoms with E-state index in [4.69, 9.17) is 15.2 Å². The van der Waals surface area contributed by atoms with Crippen molar-refractivity contribution in [1.82, 2.24) is 5.32 Å². The second-order valence-corrected chi connectivity index (χ2v) is 3.65. The fourth-order valence-electron chi connectivity index (χ4n) is 1.43. The van der Waals surface area contributed by atoms with Gasteiger partial charge in [0.2, 0.25) is 0 Å². The average Bonchev–Trinajstić information content (AvgIpc) is 2.39. The van der Waals surface area contributed by atoms with E-state index in [1.165, 1.54) is 0 Å². The van der Waals surface area contributed by atoms with E-state index >= 15 is 0 Å². The van der Waals surface area contributed by atoms with Crippen molar-refractivity contribution in [1.29, 1.82) is 0 Å². The van der Waals surface area contributed by atoms with Crippen molar-refractivity contribution in [3.05, 3.63) is 24.3 Å². The van der Waals surface area contributed by atoms with Gasteiger partial charge in [0.25, 0.3) is 0 Å². The van der Waals surface area contributed by atoms with E-state index in [9.17, 15) is 4.79 Å². The van der Waals surface area contributed by atoms with Crippen molar-refractivity contribution in [2.45, 2.75) is 6.92 Å². The van der Waals surface area contributed by atoms with Crippen LogP contribution in [0.3, 0.4) is 0 Å². The molecule has 6 heteroatoms. The minimum Gasteiger partial charge on any atom is -0.490 e. The number of benzene rings is 1. The number of nitrogens with two attached hydrogens (primary N) is 1. The largest absolute Gasteiger partial charge is 0.490 e. The highest BCUT2D eigenvalue weighted by Crippen LogP contribution is 2.25. The molecule has 1 rings (SSSR count). The standard InChI is InChI=1S/C13H20N2O4/c1-2-17-11-5-3-4-6-12(11)18-9-7-15-8-10-19-13(14)16/h3-6,15H,2,7-10H2,1H3,(H2,14,16). The number of primary amides is 1. The maximum atomic E-state index is 10.3. The normalized spacial score (nSPS) is 9.95. The molecule has 0 aliphatic carbocycles. The lowest BCUT2D eigenvalue weighted by Crippen LogP contribution is -2.27. The smallest absolute Gasteiger partial charge is 0.404 e. The van der Waals surface area contributed by atoms with Crippen LogP contribution in [0.5, 0.6) is 11.5 Å². The number of ether oxygens (including phenoxy) is 3. The Hall–Kier alpha value is -1.95. The van der Waals surface area contributed by atoms with Gasteiger partial charge in [-0.05, 0) is 19.1 Å². The van der Waals surface area contributed by atoms with Gasteiger partial charge in [-0.1, -0.05) is 12.1 Å². The molecule has 0 heterocycles. The molecule has 6 nitrogen and oxygen atoms in total. The second kappa shape index (κ2) is 9.04. The highest BCUT2D eigenvalue weighted by molar-refractivity contribution is 5.64. The van der Waals surface area contributed by atoms with Gasteiger partial charge in [-0.15, -0.1) is 0 Å². The van der Waals surface area contributed by atoms with Gasteiger partial charge in [0.05, 0.1) is 6.61 Å². The molecule has 0 saturated carbocycles. The van der Waals surface area contributed by atoms with Crippen LogP contribution in [0.25, 0.3) is 0 Å². The first kappa shape index (κ1) is 15.1. The number of para-hydroxylation sites is 2. The van der Waals surface area contributed by atoms with Crippen LogP contribution in [-0.4, -0.2) is 39.0 Å². The van der Waals surface area contributed by atoms with Crippen molar-refractivity contribution >= 4 is 6.09 Å². The molecular weight excluding hydrogens is 248 g/mol. The van der Waals surface area contributed by atoms with E-state index in [2.05, 4.69) is 10.1 Å². The van der Waals surface area contributed by atoms with E-state index in [0.29, 0.717) is 26.3 Å². The van der Waals surface area contributed by atoms with Crippen LogP contribution in [0.15, 0.2) is 24.3 Å². The van der Waals surface area contributed by atoms with Gasteiger partial charge in [-0.3, -0.25) is 0 Å². The van der Waals surface area contributed by atoms with Gasteiger partial charge in [-0.2, -0.15) is 0 Å². The molecule has 0 bridgehead atoms. The Morgan fingerprint density at radius 1 is 1.16 bits per heavy atom. The van der Waals surface area contributed by atoms with Gasteiger partial charge in [0, 0.05) is 13.1 Å². The summed E-state index contributed by atoms with van der Waals surface area (Å²) in [5.74, 6) is 1.46. The third kappa shape index (κ3) is 6.52. The van der Waals surface area contributed by atoms with E-state index in [0.717, 1.165) is 11.5 Å². The molecule has 0 radical (unpaired) electrons. The summed E-state index contributed by atoms with van der Waals surface area (Å²) in [7, 11) is 0. The van der Waals surface area contributed by atoms with Gasteiger partial charge in [-0.25, -0.2) is 4.79 Å². The monoisotopic (exact) mass is 268 g/mol. The first-order chi connectivity index (χ1) is 9.24. The number of nitrogens with one attached hydrogen (secondary N) is 1. The van der Waals surface area contributed by atoms with Crippen molar-refractivity contribution in [2.75, 3.05) is 32.9 Å². The maximum absolute atomic E-state index is 10.3. The molecule has 0 aliphatic rings. The molecule has 1 aromatic rings. The zero-order valence-electron chi connectivity index (χ0n) is 11.1. The predicted octanol–water partition coefficient (Wildman–Crippen LogP) is 1.15. The average molecular weight is 268 g/mol. The van der Waals surface area contributed by atoms with Crippen LogP contribution in [0.4, 0.5) is 4.79 Å². The minimum atomic E-state index is -0.760. The zero-order valence-corrected chi connectivity index (χ0v) is 11.1. The first-order valence-electron chi connectivity index (χ1n) is 6.21.